The van der Waals surface area contributed by atoms with Gasteiger partial charge in [0.1, 0.15) is 22.5 Å². The van der Waals surface area contributed by atoms with E-state index in [1.807, 2.05) is 48.5 Å². The number of phenolic OH excluding ortho intramolecular Hbond substituents is 1. The van der Waals surface area contributed by atoms with Gasteiger partial charge in [-0.05, 0) is 73.5 Å². The Balaban J connectivity index is 0.000000149. The Labute approximate surface area is 293 Å². The quantitative estimate of drug-likeness (QED) is 0.188. The van der Waals surface area contributed by atoms with Gasteiger partial charge in [0, 0.05) is 44.1 Å². The van der Waals surface area contributed by atoms with Crippen LogP contribution in [-0.2, 0) is 0 Å². The predicted molar refractivity (Wildman–Crippen MR) is 193 cm³/mol. The van der Waals surface area contributed by atoms with Gasteiger partial charge in [-0.2, -0.15) is 0 Å². The maximum Gasteiger partial charge on any atom is 0.329 e. The predicted octanol–water partition coefficient (Wildman–Crippen LogP) is 6.24. The van der Waals surface area contributed by atoms with Crippen LogP contribution in [0.2, 0.25) is 5.15 Å². The molecule has 13 nitrogen and oxygen atoms in total. The number of nitrogens with one attached hydrogen (secondary N) is 2. The molecule has 0 spiro atoms. The SMILES string of the molecule is O=C(Nc1ccccn1)N1c2nc(-c3cccc(O)c3)ccc2N2CC[C@H]1C2.O=C(Nc1ccccn1)N1c2nc(Cl)ccc2N2CC[C@H]1C2. The number of benzene rings is 1. The van der Waals surface area contributed by atoms with E-state index in [0.717, 1.165) is 56.0 Å². The molecule has 2 atom stereocenters. The molecule has 2 saturated heterocycles. The highest BCUT2D eigenvalue weighted by Gasteiger charge is 2.41. The number of hydrogen-bond donors (Lipinski definition) is 3. The zero-order chi connectivity index (χ0) is 34.2. The van der Waals surface area contributed by atoms with Gasteiger partial charge in [-0.1, -0.05) is 35.9 Å². The first kappa shape index (κ1) is 31.3. The third-order valence-electron chi connectivity index (χ3n) is 9.25. The Hall–Kier alpha value is -5.95. The molecule has 0 unspecified atom stereocenters. The van der Waals surface area contributed by atoms with Crippen LogP contribution in [0, 0.1) is 0 Å². The number of nitrogens with zero attached hydrogens (tertiary/aromatic N) is 8. The van der Waals surface area contributed by atoms with Crippen molar-refractivity contribution in [2.45, 2.75) is 24.9 Å². The molecular weight excluding hydrogens is 656 g/mol. The van der Waals surface area contributed by atoms with Crippen LogP contribution in [0.3, 0.4) is 0 Å². The Morgan fingerprint density at radius 1 is 0.700 bits per heavy atom. The molecule has 14 heteroatoms. The Bertz CT molecular complexity index is 2050. The molecule has 5 aromatic rings. The summed E-state index contributed by atoms with van der Waals surface area (Å²) in [5, 5.41) is 15.9. The van der Waals surface area contributed by atoms with Gasteiger partial charge in [0.2, 0.25) is 0 Å². The second-order valence-electron chi connectivity index (χ2n) is 12.4. The van der Waals surface area contributed by atoms with Crippen LogP contribution in [0.5, 0.6) is 5.75 Å². The number of rotatable bonds is 3. The minimum Gasteiger partial charge on any atom is -0.508 e. The summed E-state index contributed by atoms with van der Waals surface area (Å²) in [4.78, 5) is 51.3. The molecule has 252 valence electrons. The van der Waals surface area contributed by atoms with E-state index in [1.165, 1.54) is 0 Å². The second-order valence-corrected chi connectivity index (χ2v) is 12.8. The zero-order valence-corrected chi connectivity index (χ0v) is 27.6. The number of aromatic nitrogens is 4. The molecule has 4 aliphatic rings. The fourth-order valence-electron chi connectivity index (χ4n) is 6.96. The number of aromatic hydroxyl groups is 1. The van der Waals surface area contributed by atoms with E-state index < -0.39 is 0 Å². The molecule has 2 fully saturated rings. The van der Waals surface area contributed by atoms with E-state index in [-0.39, 0.29) is 29.9 Å². The van der Waals surface area contributed by atoms with Crippen molar-refractivity contribution in [2.24, 2.45) is 0 Å². The van der Waals surface area contributed by atoms with Crippen molar-refractivity contribution in [3.05, 3.63) is 102 Å². The lowest BCUT2D eigenvalue weighted by Crippen LogP contribution is -2.48. The van der Waals surface area contributed by atoms with Crippen molar-refractivity contribution in [2.75, 3.05) is 56.4 Å². The normalized spacial score (nSPS) is 18.1. The van der Waals surface area contributed by atoms with Crippen LogP contribution >= 0.6 is 11.6 Å². The summed E-state index contributed by atoms with van der Waals surface area (Å²) >= 11 is 6.02. The Morgan fingerprint density at radius 2 is 1.28 bits per heavy atom. The molecule has 0 aliphatic carbocycles. The molecule has 4 amide bonds. The summed E-state index contributed by atoms with van der Waals surface area (Å²) in [5.41, 5.74) is 3.43. The molecule has 4 aliphatic heterocycles. The van der Waals surface area contributed by atoms with Crippen LogP contribution in [0.4, 0.5) is 44.2 Å². The summed E-state index contributed by atoms with van der Waals surface area (Å²) in [6.07, 6.45) is 5.11. The van der Waals surface area contributed by atoms with Crippen LogP contribution in [0.1, 0.15) is 12.8 Å². The first-order valence-corrected chi connectivity index (χ1v) is 16.8. The Kier molecular flexibility index (Phi) is 8.25. The van der Waals surface area contributed by atoms with Crippen molar-refractivity contribution in [1.82, 2.24) is 19.9 Å². The van der Waals surface area contributed by atoms with Crippen molar-refractivity contribution in [3.63, 3.8) is 0 Å². The van der Waals surface area contributed by atoms with Gasteiger partial charge in [0.25, 0.3) is 0 Å². The van der Waals surface area contributed by atoms with Crippen LogP contribution in [0.15, 0.2) is 97.3 Å². The highest BCUT2D eigenvalue weighted by atomic mass is 35.5. The van der Waals surface area contributed by atoms with E-state index in [0.29, 0.717) is 34.1 Å². The fraction of sp³-hybridized carbons (Fsp3) is 0.222. The number of anilines is 6. The van der Waals surface area contributed by atoms with Crippen molar-refractivity contribution < 1.29 is 14.7 Å². The summed E-state index contributed by atoms with van der Waals surface area (Å²) in [6.45, 7) is 3.45. The number of urea groups is 2. The average Bonchev–Trinajstić information content (AvgIpc) is 3.75. The molecule has 9 rings (SSSR count). The Morgan fingerprint density at radius 3 is 1.84 bits per heavy atom. The maximum absolute atomic E-state index is 13.1. The zero-order valence-electron chi connectivity index (χ0n) is 26.9. The molecular formula is C36H33ClN10O3. The summed E-state index contributed by atoms with van der Waals surface area (Å²) in [5.74, 6) is 2.48. The van der Waals surface area contributed by atoms with Crippen molar-refractivity contribution in [3.8, 4) is 17.0 Å². The largest absolute Gasteiger partial charge is 0.508 e. The van der Waals surface area contributed by atoms with Gasteiger partial charge in [-0.15, -0.1) is 0 Å². The van der Waals surface area contributed by atoms with E-state index >= 15 is 0 Å². The lowest BCUT2D eigenvalue weighted by Gasteiger charge is -2.35. The first-order chi connectivity index (χ1) is 24.4. The number of halogens is 1. The number of carbonyl (C=O) groups excluding carboxylic acids is 2. The van der Waals surface area contributed by atoms with Gasteiger partial charge in [-0.3, -0.25) is 20.4 Å². The van der Waals surface area contributed by atoms with Gasteiger partial charge in [0.15, 0.2) is 11.6 Å². The van der Waals surface area contributed by atoms with Crippen LogP contribution in [0.25, 0.3) is 11.3 Å². The summed E-state index contributed by atoms with van der Waals surface area (Å²) < 4.78 is 0. The number of amides is 4. The van der Waals surface area contributed by atoms with E-state index in [4.69, 9.17) is 16.6 Å². The summed E-state index contributed by atoms with van der Waals surface area (Å²) in [6, 6.07) is 25.1. The molecule has 4 aromatic heterocycles. The van der Waals surface area contributed by atoms with Crippen molar-refractivity contribution in [1.29, 1.82) is 0 Å². The molecule has 1 aromatic carbocycles. The number of fused-ring (bicyclic) bond motifs is 8. The maximum atomic E-state index is 13.1. The monoisotopic (exact) mass is 688 g/mol. The highest BCUT2D eigenvalue weighted by molar-refractivity contribution is 6.29. The standard InChI is InChI=1S/C21H19N5O2.C15H14ClN5O/c27-16-5-3-4-14(12-16)17-7-8-18-20(23-17)26(15-9-11-25(18)13-15)21(28)24-19-6-1-2-10-22-19;16-12-5-4-11-14(18-12)21(10-6-8-20(11)9-10)15(22)19-13-3-1-2-7-17-13/h1-8,10,12,15,27H,9,11,13H2,(H,22,24,28);1-5,7,10H,6,8-9H2,(H,17,19,22)/t15-;10-/m00/s1. The van der Waals surface area contributed by atoms with Gasteiger partial charge >= 0.3 is 12.1 Å². The first-order valence-electron chi connectivity index (χ1n) is 16.4. The van der Waals surface area contributed by atoms with E-state index in [2.05, 4.69) is 35.4 Å². The third-order valence-corrected chi connectivity index (χ3v) is 9.46. The fourth-order valence-corrected chi connectivity index (χ4v) is 7.10. The highest BCUT2D eigenvalue weighted by Crippen LogP contribution is 2.41. The minimum atomic E-state index is -0.230. The topological polar surface area (TPSA) is 143 Å². The third kappa shape index (κ3) is 6.07. The molecule has 0 saturated carbocycles. The van der Waals surface area contributed by atoms with Gasteiger partial charge < -0.3 is 14.9 Å². The van der Waals surface area contributed by atoms with Crippen LogP contribution in [-0.4, -0.2) is 75.4 Å². The number of carbonyl (C=O) groups is 2. The van der Waals surface area contributed by atoms with E-state index in [9.17, 15) is 14.7 Å². The summed E-state index contributed by atoms with van der Waals surface area (Å²) in [7, 11) is 0. The molecule has 50 heavy (non-hydrogen) atoms. The number of phenols is 1. The van der Waals surface area contributed by atoms with Gasteiger partial charge in [0.05, 0.1) is 29.2 Å². The van der Waals surface area contributed by atoms with Gasteiger partial charge in [-0.25, -0.2) is 29.5 Å². The lowest BCUT2D eigenvalue weighted by molar-refractivity contribution is 0.254. The molecule has 0 radical (unpaired) electrons. The van der Waals surface area contributed by atoms with Crippen LogP contribution < -0.4 is 30.2 Å². The number of pyridine rings is 4. The number of hydrogen-bond acceptors (Lipinski definition) is 9. The molecule has 4 bridgehead atoms. The average molecular weight is 689 g/mol. The second kappa shape index (κ2) is 13.2. The minimum absolute atomic E-state index is 0.0724. The lowest BCUT2D eigenvalue weighted by atomic mass is 10.1. The molecule has 8 heterocycles. The smallest absolute Gasteiger partial charge is 0.329 e. The molecule has 3 N–H and O–H groups in total. The van der Waals surface area contributed by atoms with E-state index in [1.54, 1.807) is 58.6 Å². The van der Waals surface area contributed by atoms with Crippen molar-refractivity contribution >= 4 is 58.3 Å².